The van der Waals surface area contributed by atoms with Gasteiger partial charge in [0.15, 0.2) is 0 Å². The molecule has 0 aliphatic carbocycles. The first-order chi connectivity index (χ1) is 72.9. The Bertz CT molecular complexity index is 10300. The molecule has 24 aromatic carbocycles. The molecule has 9 nitrogen and oxygen atoms in total. The maximum absolute atomic E-state index is 5.22. The summed E-state index contributed by atoms with van der Waals surface area (Å²) >= 11 is 0. The van der Waals surface area contributed by atoms with E-state index in [9.17, 15) is 0 Å². The molecule has 684 valence electrons. The van der Waals surface area contributed by atoms with E-state index in [0.717, 1.165) is 101 Å². The van der Waals surface area contributed by atoms with E-state index in [1.54, 1.807) is 0 Å². The fourth-order valence-electron chi connectivity index (χ4n) is 22.4. The Morgan fingerprint density at radius 2 is 0.347 bits per heavy atom. The van der Waals surface area contributed by atoms with Crippen molar-refractivity contribution in [2.75, 3.05) is 0 Å². The van der Waals surface area contributed by atoms with Crippen LogP contribution in [-0.2, 0) is 0 Å². The number of aromatic nitrogens is 9. The summed E-state index contributed by atoms with van der Waals surface area (Å²) < 4.78 is 6.70. The van der Waals surface area contributed by atoms with Crippen LogP contribution < -0.4 is 0 Å². The zero-order valence-electron chi connectivity index (χ0n) is 79.8. The van der Waals surface area contributed by atoms with Gasteiger partial charge in [-0.05, 0) is 221 Å². The first-order valence-corrected chi connectivity index (χ1v) is 50.0. The number of para-hydroxylation sites is 3. The summed E-state index contributed by atoms with van der Waals surface area (Å²) in [6.45, 7) is 0. The van der Waals surface area contributed by atoms with Crippen LogP contribution in [0.1, 0.15) is 0 Å². The van der Waals surface area contributed by atoms with Gasteiger partial charge in [-0.15, -0.1) is 0 Å². The van der Waals surface area contributed by atoms with Crippen LogP contribution in [0.25, 0.3) is 281 Å². The van der Waals surface area contributed by atoms with E-state index in [2.05, 4.69) is 505 Å². The van der Waals surface area contributed by atoms with Crippen molar-refractivity contribution in [1.82, 2.24) is 43.6 Å². The molecule has 0 aliphatic rings. The fourth-order valence-corrected chi connectivity index (χ4v) is 22.4. The second-order valence-corrected chi connectivity index (χ2v) is 37.9. The number of fused-ring (bicyclic) bond motifs is 24. The van der Waals surface area contributed by atoms with E-state index < -0.39 is 0 Å². The minimum absolute atomic E-state index is 0.656. The molecule has 0 saturated carbocycles. The third-order valence-electron chi connectivity index (χ3n) is 29.4. The Balaban J connectivity index is 0.000000107. The van der Waals surface area contributed by atoms with E-state index in [1.165, 1.54) is 163 Å². The van der Waals surface area contributed by atoms with Crippen LogP contribution in [-0.4, -0.2) is 43.6 Å². The van der Waals surface area contributed by atoms with Gasteiger partial charge in [0.1, 0.15) is 0 Å². The fraction of sp³-hybridized carbons (Fsp3) is 0. The predicted octanol–water partition coefficient (Wildman–Crippen LogP) is 36.1. The number of rotatable bonds is 12. The average Bonchev–Trinajstić information content (AvgIpc) is 1.52. The molecule has 0 amide bonds. The predicted molar refractivity (Wildman–Crippen MR) is 616 cm³/mol. The van der Waals surface area contributed by atoms with Gasteiger partial charge in [-0.2, -0.15) is 0 Å². The Labute approximate surface area is 846 Å². The second-order valence-electron chi connectivity index (χ2n) is 37.9. The van der Waals surface area contributed by atoms with Crippen LogP contribution in [0.4, 0.5) is 0 Å². The third kappa shape index (κ3) is 15.1. The van der Waals surface area contributed by atoms with Crippen molar-refractivity contribution in [2.24, 2.45) is 0 Å². The lowest BCUT2D eigenvalue weighted by atomic mass is 9.92. The molecule has 0 radical (unpaired) electrons. The Hall–Kier alpha value is -19.7. The summed E-state index contributed by atoms with van der Waals surface area (Å²) in [5, 5.41) is 29.6. The van der Waals surface area contributed by atoms with E-state index in [4.69, 9.17) is 29.9 Å². The highest BCUT2D eigenvalue weighted by Gasteiger charge is 2.26. The van der Waals surface area contributed by atoms with Crippen molar-refractivity contribution in [3.8, 4) is 119 Å². The molecule has 9 heteroatoms. The van der Waals surface area contributed by atoms with Gasteiger partial charge in [-0.25, -0.2) is 29.9 Å². The van der Waals surface area contributed by atoms with Crippen molar-refractivity contribution >= 4 is 162 Å². The number of nitrogens with zero attached hydrogens (tertiary/aromatic N) is 9. The van der Waals surface area contributed by atoms with Crippen molar-refractivity contribution < 1.29 is 0 Å². The lowest BCUT2D eigenvalue weighted by Gasteiger charge is -2.13. The summed E-state index contributed by atoms with van der Waals surface area (Å²) in [6.07, 6.45) is 0. The molecule has 0 bridgehead atoms. The molecular weight excluding hydrogens is 1780 g/mol. The average molecular weight is 1870 g/mol. The summed E-state index contributed by atoms with van der Waals surface area (Å²) in [5.74, 6) is 1.97. The van der Waals surface area contributed by atoms with Gasteiger partial charge in [0, 0.05) is 65.7 Å². The third-order valence-corrected chi connectivity index (χ3v) is 29.4. The molecule has 6 heterocycles. The van der Waals surface area contributed by atoms with Gasteiger partial charge < -0.3 is 0 Å². The molecule has 147 heavy (non-hydrogen) atoms. The lowest BCUT2D eigenvalue weighted by molar-refractivity contribution is 0.995. The van der Waals surface area contributed by atoms with Gasteiger partial charge in [0.2, 0.25) is 17.8 Å². The molecule has 0 spiro atoms. The van der Waals surface area contributed by atoms with Gasteiger partial charge in [0.25, 0.3) is 0 Å². The Kier molecular flexibility index (Phi) is 20.8. The highest BCUT2D eigenvalue weighted by Crippen LogP contribution is 2.47. The van der Waals surface area contributed by atoms with Gasteiger partial charge in [0.05, 0.1) is 67.3 Å². The second kappa shape index (κ2) is 35.8. The molecule has 0 saturated heterocycles. The largest absolute Gasteiger partial charge is 0.278 e. The summed E-state index contributed by atoms with van der Waals surface area (Å²) in [5.41, 5.74) is 25.5. The van der Waals surface area contributed by atoms with Gasteiger partial charge >= 0.3 is 0 Å². The molecule has 6 aromatic heterocycles. The van der Waals surface area contributed by atoms with Gasteiger partial charge in [-0.1, -0.05) is 437 Å². The maximum Gasteiger partial charge on any atom is 0.235 e. The highest BCUT2D eigenvalue weighted by atomic mass is 15.2. The standard InChI is InChI=1S/3C46H29N3/c1-3-13-30(14-4-1)41-29-42(31-15-5-2-6-16-31)48-46(47-41)49-43-22-12-11-21-39(43)45-36-25-23-34(27-33(36)24-26-44(45)49)40-28-32-17-7-8-18-35(32)37-19-9-10-20-38(37)40;1-3-12-32(13-4-1)41-29-42(33-14-5-2-6-15-33)48-46(47-41)49-43-18-10-9-17-39(43)45-40-28-35(21-19-31(40)24-26-44(45)49)34-23-25-38-36(27-34)22-20-30-11-7-8-16-37(30)38;1-3-12-33(13-4-1)41-29-42(34-14-5-2-6-15-34)48-46(47-41)49-43-18-10-9-17-38(43)45-40-28-36(24-22-32(40)25-26-44(45)49)35-23-21-31-20-19-30-11-7-8-16-37(30)39(31)27-35/h3*1-29H. The summed E-state index contributed by atoms with van der Waals surface area (Å²) in [7, 11) is 0. The smallest absolute Gasteiger partial charge is 0.235 e. The Morgan fingerprint density at radius 3 is 0.748 bits per heavy atom. The van der Waals surface area contributed by atoms with Crippen molar-refractivity contribution in [1.29, 1.82) is 0 Å². The van der Waals surface area contributed by atoms with Crippen LogP contribution in [0.5, 0.6) is 0 Å². The summed E-state index contributed by atoms with van der Waals surface area (Å²) in [6, 6.07) is 188. The highest BCUT2D eigenvalue weighted by molar-refractivity contribution is 6.26. The van der Waals surface area contributed by atoms with Crippen LogP contribution in [0, 0.1) is 0 Å². The van der Waals surface area contributed by atoms with Crippen LogP contribution in [0.2, 0.25) is 0 Å². The zero-order chi connectivity index (χ0) is 96.9. The molecular formula is C138H87N9. The van der Waals surface area contributed by atoms with E-state index in [1.807, 2.05) is 36.4 Å². The molecule has 0 unspecified atom stereocenters. The van der Waals surface area contributed by atoms with Crippen LogP contribution >= 0.6 is 0 Å². The number of benzene rings is 24. The number of hydrogen-bond acceptors (Lipinski definition) is 6. The Morgan fingerprint density at radius 1 is 0.116 bits per heavy atom. The molecule has 0 fully saturated rings. The minimum Gasteiger partial charge on any atom is -0.278 e. The van der Waals surface area contributed by atoms with Crippen molar-refractivity contribution in [2.45, 2.75) is 0 Å². The SMILES string of the molecule is c1ccc(-c2cc(-c3ccccc3)nc(-n3c4ccccc4c4c5cc(-c6ccc7c(ccc8ccccc87)c6)ccc5ccc43)n2)cc1.c1ccc(-c2cc(-c3ccccc3)nc(-n3c4ccccc4c4c5cc(-c6ccc7ccc8ccccc8c7c6)ccc5ccc43)n2)cc1.c1ccc(-c2cc(-c3ccccc3)nc(-n3c4ccccc4c4c5ccc(-c6cc7ccccc7c7ccccc67)cc5ccc43)n2)cc1. The lowest BCUT2D eigenvalue weighted by Crippen LogP contribution is -2.04. The maximum atomic E-state index is 5.22. The quantitative estimate of drug-likeness (QED) is 0.113. The summed E-state index contributed by atoms with van der Waals surface area (Å²) in [4.78, 5) is 31.3. The van der Waals surface area contributed by atoms with Crippen LogP contribution in [0.3, 0.4) is 0 Å². The molecule has 0 N–H and O–H groups in total. The topological polar surface area (TPSA) is 92.1 Å². The first kappa shape index (κ1) is 85.3. The number of hydrogen-bond donors (Lipinski definition) is 0. The monoisotopic (exact) mass is 1870 g/mol. The zero-order valence-corrected chi connectivity index (χ0v) is 79.8. The minimum atomic E-state index is 0.656. The molecule has 30 aromatic rings. The normalized spacial score (nSPS) is 11.7. The van der Waals surface area contributed by atoms with Crippen molar-refractivity contribution in [3.05, 3.63) is 528 Å². The van der Waals surface area contributed by atoms with Crippen LogP contribution in [0.15, 0.2) is 528 Å². The van der Waals surface area contributed by atoms with Crippen molar-refractivity contribution in [3.63, 3.8) is 0 Å². The van der Waals surface area contributed by atoms with E-state index >= 15 is 0 Å². The molecule has 0 atom stereocenters. The van der Waals surface area contributed by atoms with E-state index in [0.29, 0.717) is 17.8 Å². The first-order valence-electron chi connectivity index (χ1n) is 50.0. The molecule has 30 rings (SSSR count). The van der Waals surface area contributed by atoms with Gasteiger partial charge in [-0.3, -0.25) is 13.7 Å². The van der Waals surface area contributed by atoms with E-state index in [-0.39, 0.29) is 0 Å². The molecule has 0 aliphatic heterocycles.